The van der Waals surface area contributed by atoms with E-state index in [-0.39, 0.29) is 6.61 Å². The lowest BCUT2D eigenvalue weighted by Crippen LogP contribution is -2.16. The molecule has 0 bridgehead atoms. The number of anilines is 1. The van der Waals surface area contributed by atoms with Crippen LogP contribution in [-0.2, 0) is 7.05 Å². The van der Waals surface area contributed by atoms with Gasteiger partial charge >= 0.3 is 0 Å². The minimum Gasteiger partial charge on any atom is -0.497 e. The summed E-state index contributed by atoms with van der Waals surface area (Å²) in [5.41, 5.74) is 2.19. The van der Waals surface area contributed by atoms with E-state index in [1.807, 2.05) is 35.9 Å². The van der Waals surface area contributed by atoms with Crippen LogP contribution in [-0.4, -0.2) is 41.5 Å². The number of benzene rings is 1. The topological polar surface area (TPSA) is 71.3 Å². The highest BCUT2D eigenvalue weighted by Crippen LogP contribution is 2.21. The summed E-state index contributed by atoms with van der Waals surface area (Å²) in [6, 6.07) is 7.50. The number of aromatic nitrogens is 2. The molecule has 2 aromatic rings. The van der Waals surface area contributed by atoms with E-state index in [9.17, 15) is 0 Å². The van der Waals surface area contributed by atoms with Gasteiger partial charge in [0.1, 0.15) is 11.4 Å². The number of methoxy groups -OCH3 is 1. The number of nitrogens with one attached hydrogen (secondary N) is 2. The largest absolute Gasteiger partial charge is 0.497 e. The lowest BCUT2D eigenvalue weighted by molar-refractivity contribution is 0.311. The third-order valence-electron chi connectivity index (χ3n) is 3.58. The molecule has 0 fully saturated rings. The molecule has 134 valence electrons. The molecule has 1 aromatic heterocycles. The van der Waals surface area contributed by atoms with E-state index >= 15 is 0 Å². The van der Waals surface area contributed by atoms with Crippen molar-refractivity contribution in [2.24, 2.45) is 7.05 Å². The molecule has 0 aliphatic carbocycles. The van der Waals surface area contributed by atoms with Crippen molar-refractivity contribution in [2.75, 3.05) is 32.1 Å². The standard InChI is InChI=1S/C20H22N4O2/c1-5-11-21-15(2)19-20(22-12-13-25)23-18(24(19)3)10-9-16-7-6-8-17(14-16)26-4/h1,6-8,14,21-22,25H,2,11-13H2,3-4H3. The quantitative estimate of drug-likeness (QED) is 0.659. The van der Waals surface area contributed by atoms with Crippen molar-refractivity contribution in [1.29, 1.82) is 0 Å². The molecule has 6 nitrogen and oxygen atoms in total. The van der Waals surface area contributed by atoms with Crippen molar-refractivity contribution in [3.8, 4) is 29.9 Å². The van der Waals surface area contributed by atoms with Crippen LogP contribution in [0.3, 0.4) is 0 Å². The zero-order chi connectivity index (χ0) is 18.9. The number of imidazole rings is 1. The second kappa shape index (κ2) is 9.22. The molecule has 0 saturated heterocycles. The van der Waals surface area contributed by atoms with Gasteiger partial charge in [0.25, 0.3) is 0 Å². The molecule has 0 aliphatic heterocycles. The summed E-state index contributed by atoms with van der Waals surface area (Å²) >= 11 is 0. The fourth-order valence-corrected chi connectivity index (χ4v) is 2.32. The van der Waals surface area contributed by atoms with Gasteiger partial charge in [0.2, 0.25) is 0 Å². The van der Waals surface area contributed by atoms with E-state index in [0.717, 1.165) is 17.0 Å². The van der Waals surface area contributed by atoms with Crippen LogP contribution in [0.25, 0.3) is 5.70 Å². The molecule has 0 saturated carbocycles. The predicted octanol–water partition coefficient (Wildman–Crippen LogP) is 1.43. The highest BCUT2D eigenvalue weighted by Gasteiger charge is 2.15. The Morgan fingerprint density at radius 1 is 1.42 bits per heavy atom. The highest BCUT2D eigenvalue weighted by atomic mass is 16.5. The van der Waals surface area contributed by atoms with Gasteiger partial charge in [0.05, 0.1) is 26.0 Å². The van der Waals surface area contributed by atoms with Crippen LogP contribution in [0.4, 0.5) is 5.82 Å². The van der Waals surface area contributed by atoms with Crippen LogP contribution in [0.5, 0.6) is 5.75 Å². The Balaban J connectivity index is 2.37. The Labute approximate surface area is 153 Å². The van der Waals surface area contributed by atoms with Gasteiger partial charge in [-0.05, 0) is 24.1 Å². The molecule has 1 heterocycles. The van der Waals surface area contributed by atoms with Gasteiger partial charge < -0.3 is 25.0 Å². The van der Waals surface area contributed by atoms with Crippen molar-refractivity contribution in [1.82, 2.24) is 14.9 Å². The number of hydrogen-bond acceptors (Lipinski definition) is 5. The molecule has 3 N–H and O–H groups in total. The fourth-order valence-electron chi connectivity index (χ4n) is 2.32. The number of aliphatic hydroxyl groups excluding tert-OH is 1. The van der Waals surface area contributed by atoms with Gasteiger partial charge in [0.15, 0.2) is 11.6 Å². The summed E-state index contributed by atoms with van der Waals surface area (Å²) in [4.78, 5) is 4.52. The van der Waals surface area contributed by atoms with E-state index in [0.29, 0.717) is 30.4 Å². The van der Waals surface area contributed by atoms with E-state index in [1.54, 1.807) is 7.11 Å². The van der Waals surface area contributed by atoms with Crippen LogP contribution in [0.1, 0.15) is 17.1 Å². The summed E-state index contributed by atoms with van der Waals surface area (Å²) in [7, 11) is 3.47. The molecular weight excluding hydrogens is 328 g/mol. The summed E-state index contributed by atoms with van der Waals surface area (Å²) in [5.74, 6) is 10.6. The Morgan fingerprint density at radius 3 is 2.92 bits per heavy atom. The monoisotopic (exact) mass is 350 g/mol. The molecule has 0 amide bonds. The maximum Gasteiger partial charge on any atom is 0.188 e. The molecule has 0 atom stereocenters. The second-order valence-corrected chi connectivity index (χ2v) is 5.36. The maximum atomic E-state index is 9.07. The molecule has 26 heavy (non-hydrogen) atoms. The van der Waals surface area contributed by atoms with Crippen LogP contribution in [0.15, 0.2) is 30.8 Å². The zero-order valence-electron chi connectivity index (χ0n) is 15.0. The van der Waals surface area contributed by atoms with Gasteiger partial charge in [-0.25, -0.2) is 4.98 Å². The first-order valence-corrected chi connectivity index (χ1v) is 8.04. The van der Waals surface area contributed by atoms with Crippen molar-refractivity contribution < 1.29 is 9.84 Å². The summed E-state index contributed by atoms with van der Waals surface area (Å²) in [6.07, 6.45) is 5.29. The Morgan fingerprint density at radius 2 is 2.23 bits per heavy atom. The third-order valence-corrected chi connectivity index (χ3v) is 3.58. The van der Waals surface area contributed by atoms with Gasteiger partial charge in [-0.3, -0.25) is 0 Å². The molecule has 6 heteroatoms. The lowest BCUT2D eigenvalue weighted by atomic mass is 10.2. The van der Waals surface area contributed by atoms with Crippen LogP contribution < -0.4 is 15.4 Å². The Bertz CT molecular complexity index is 881. The van der Waals surface area contributed by atoms with Gasteiger partial charge in [-0.15, -0.1) is 6.42 Å². The Hall–Kier alpha value is -3.35. The number of ether oxygens (including phenoxy) is 1. The SMILES string of the molecule is C#CCNC(=C)c1c(NCCO)nc(C#Cc2cccc(OC)c2)n1C. The number of aliphatic hydroxyl groups is 1. The normalized spacial score (nSPS) is 9.62. The zero-order valence-corrected chi connectivity index (χ0v) is 15.0. The van der Waals surface area contributed by atoms with E-state index in [1.165, 1.54) is 0 Å². The lowest BCUT2D eigenvalue weighted by Gasteiger charge is -2.11. The highest BCUT2D eigenvalue weighted by molar-refractivity contribution is 5.70. The number of hydrogen-bond donors (Lipinski definition) is 3. The first kappa shape index (κ1) is 19.0. The first-order chi connectivity index (χ1) is 12.6. The van der Waals surface area contributed by atoms with Crippen molar-refractivity contribution in [2.45, 2.75) is 0 Å². The molecular formula is C20H22N4O2. The Kier molecular flexibility index (Phi) is 6.73. The van der Waals surface area contributed by atoms with E-state index in [2.05, 4.69) is 40.0 Å². The van der Waals surface area contributed by atoms with Gasteiger partial charge in [0, 0.05) is 19.2 Å². The van der Waals surface area contributed by atoms with Gasteiger partial charge in [-0.1, -0.05) is 24.5 Å². The first-order valence-electron chi connectivity index (χ1n) is 8.04. The minimum absolute atomic E-state index is 0.00883. The average molecular weight is 350 g/mol. The predicted molar refractivity (Wildman–Crippen MR) is 104 cm³/mol. The molecule has 0 unspecified atom stereocenters. The third kappa shape index (κ3) is 4.60. The smallest absolute Gasteiger partial charge is 0.188 e. The molecule has 0 radical (unpaired) electrons. The van der Waals surface area contributed by atoms with Crippen molar-refractivity contribution in [3.63, 3.8) is 0 Å². The summed E-state index contributed by atoms with van der Waals surface area (Å²) in [6.45, 7) is 4.73. The van der Waals surface area contributed by atoms with E-state index < -0.39 is 0 Å². The summed E-state index contributed by atoms with van der Waals surface area (Å²) < 4.78 is 7.04. The van der Waals surface area contributed by atoms with Crippen molar-refractivity contribution >= 4 is 11.5 Å². The summed E-state index contributed by atoms with van der Waals surface area (Å²) in [5, 5.41) is 15.2. The van der Waals surface area contributed by atoms with Crippen LogP contribution in [0, 0.1) is 24.2 Å². The van der Waals surface area contributed by atoms with Gasteiger partial charge in [-0.2, -0.15) is 0 Å². The molecule has 0 aliphatic rings. The average Bonchev–Trinajstić information content (AvgIpc) is 2.98. The molecule has 2 rings (SSSR count). The number of terminal acetylenes is 1. The van der Waals surface area contributed by atoms with Crippen LogP contribution >= 0.6 is 0 Å². The van der Waals surface area contributed by atoms with Crippen LogP contribution in [0.2, 0.25) is 0 Å². The van der Waals surface area contributed by atoms with Crippen molar-refractivity contribution in [3.05, 3.63) is 47.9 Å². The second-order valence-electron chi connectivity index (χ2n) is 5.36. The maximum absolute atomic E-state index is 9.07. The number of rotatable bonds is 7. The minimum atomic E-state index is -0.00883. The van der Waals surface area contributed by atoms with E-state index in [4.69, 9.17) is 16.3 Å². The molecule has 0 spiro atoms. The number of nitrogens with zero attached hydrogens (tertiary/aromatic N) is 2. The molecule has 1 aromatic carbocycles. The fraction of sp³-hybridized carbons (Fsp3) is 0.250.